The number of carbonyl (C=O) groups excluding carboxylic acids is 2. The molecule has 7 nitrogen and oxygen atoms in total. The van der Waals surface area contributed by atoms with E-state index in [9.17, 15) is 9.59 Å². The Balaban J connectivity index is 1.78. The number of aromatic amines is 1. The number of nitrogens with zero attached hydrogens (tertiary/aromatic N) is 2. The van der Waals surface area contributed by atoms with Gasteiger partial charge in [-0.15, -0.1) is 0 Å². The van der Waals surface area contributed by atoms with Gasteiger partial charge in [0.1, 0.15) is 12.4 Å². The van der Waals surface area contributed by atoms with Gasteiger partial charge in [-0.05, 0) is 36.8 Å². The second-order valence-electron chi connectivity index (χ2n) is 5.52. The highest BCUT2D eigenvalue weighted by atomic mass is 35.5. The highest BCUT2D eigenvalue weighted by Gasteiger charge is 2.10. The van der Waals surface area contributed by atoms with Gasteiger partial charge in [0.25, 0.3) is 5.91 Å². The van der Waals surface area contributed by atoms with E-state index in [-0.39, 0.29) is 24.9 Å². The third-order valence-corrected chi connectivity index (χ3v) is 4.58. The number of benzene rings is 1. The molecule has 0 atom stereocenters. The van der Waals surface area contributed by atoms with Crippen molar-refractivity contribution in [2.75, 3.05) is 13.1 Å². The molecule has 0 radical (unpaired) electrons. The minimum absolute atomic E-state index is 0.0887. The van der Waals surface area contributed by atoms with E-state index in [1.807, 2.05) is 6.92 Å². The third kappa shape index (κ3) is 5.55. The molecule has 2 rings (SSSR count). The van der Waals surface area contributed by atoms with E-state index in [1.54, 1.807) is 16.7 Å². The molecule has 1 heterocycles. The van der Waals surface area contributed by atoms with Crippen LogP contribution < -0.4 is 10.6 Å². The maximum atomic E-state index is 12.1. The zero-order valence-electron chi connectivity index (χ0n) is 14.1. The molecule has 0 saturated heterocycles. The summed E-state index contributed by atoms with van der Waals surface area (Å²) in [5, 5.41) is 12.9. The van der Waals surface area contributed by atoms with Gasteiger partial charge in [-0.1, -0.05) is 30.1 Å². The maximum Gasteiger partial charge on any atom is 0.251 e. The molecule has 10 heteroatoms. The molecule has 2 amide bonds. The van der Waals surface area contributed by atoms with Crippen LogP contribution in [-0.4, -0.2) is 39.7 Å². The Bertz CT molecular complexity index is 849. The number of H-pyrrole nitrogens is 1. The summed E-state index contributed by atoms with van der Waals surface area (Å²) in [7, 11) is 0. The second-order valence-corrected chi connectivity index (χ2v) is 6.72. The van der Waals surface area contributed by atoms with Gasteiger partial charge in [0.2, 0.25) is 5.91 Å². The monoisotopic (exact) mass is 415 g/mol. The van der Waals surface area contributed by atoms with Gasteiger partial charge in [0.15, 0.2) is 4.77 Å². The van der Waals surface area contributed by atoms with Crippen molar-refractivity contribution in [3.8, 4) is 0 Å². The minimum atomic E-state index is -0.292. The van der Waals surface area contributed by atoms with Crippen molar-refractivity contribution >= 4 is 47.2 Å². The molecule has 0 aliphatic rings. The number of aryl methyl sites for hydroxylation is 1. The average Bonchev–Trinajstić information content (AvgIpc) is 2.94. The largest absolute Gasteiger partial charge is 0.353 e. The van der Waals surface area contributed by atoms with E-state index >= 15 is 0 Å². The SMILES string of the molecule is CCCc1n[nH]c(=S)n1CC(=O)NCCNC(=O)c1ccc(Cl)c(Cl)c1. The number of aromatic nitrogens is 3. The lowest BCUT2D eigenvalue weighted by molar-refractivity contribution is -0.121. The summed E-state index contributed by atoms with van der Waals surface area (Å²) in [6, 6.07) is 4.63. The van der Waals surface area contributed by atoms with Crippen molar-refractivity contribution in [3.63, 3.8) is 0 Å². The van der Waals surface area contributed by atoms with E-state index in [4.69, 9.17) is 35.4 Å². The minimum Gasteiger partial charge on any atom is -0.353 e. The molecule has 0 bridgehead atoms. The van der Waals surface area contributed by atoms with Crippen molar-refractivity contribution in [2.24, 2.45) is 0 Å². The maximum absolute atomic E-state index is 12.1. The standard InChI is InChI=1S/C16H19Cl2N5O2S/c1-2-3-13-21-22-16(26)23(13)9-14(24)19-6-7-20-15(25)10-4-5-11(17)12(18)8-10/h4-5,8H,2-3,6-7,9H2,1H3,(H,19,24)(H,20,25)(H,22,26). The van der Waals surface area contributed by atoms with Crippen LogP contribution in [0.1, 0.15) is 29.5 Å². The third-order valence-electron chi connectivity index (χ3n) is 3.53. The Labute approximate surface area is 166 Å². The average molecular weight is 416 g/mol. The topological polar surface area (TPSA) is 91.8 Å². The summed E-state index contributed by atoms with van der Waals surface area (Å²) in [5.41, 5.74) is 0.402. The first-order valence-electron chi connectivity index (χ1n) is 8.06. The summed E-state index contributed by atoms with van der Waals surface area (Å²) < 4.78 is 2.08. The normalized spacial score (nSPS) is 10.6. The predicted octanol–water partition coefficient (Wildman–Crippen LogP) is 2.75. The molecule has 0 aliphatic carbocycles. The highest BCUT2D eigenvalue weighted by molar-refractivity contribution is 7.71. The van der Waals surface area contributed by atoms with Crippen LogP contribution in [0.4, 0.5) is 0 Å². The molecular formula is C16H19Cl2N5O2S. The molecule has 2 aromatic rings. The second kappa shape index (κ2) is 9.70. The lowest BCUT2D eigenvalue weighted by Crippen LogP contribution is -2.36. The first-order chi connectivity index (χ1) is 12.4. The summed E-state index contributed by atoms with van der Waals surface area (Å²) in [4.78, 5) is 24.1. The first kappa shape index (κ1) is 20.4. The quantitative estimate of drug-likeness (QED) is 0.456. The van der Waals surface area contributed by atoms with Crippen molar-refractivity contribution in [1.29, 1.82) is 0 Å². The van der Waals surface area contributed by atoms with Gasteiger partial charge in [-0.25, -0.2) is 0 Å². The Hall–Kier alpha value is -1.90. The number of hydrogen-bond donors (Lipinski definition) is 3. The molecule has 140 valence electrons. The van der Waals surface area contributed by atoms with Crippen LogP contribution in [0.15, 0.2) is 18.2 Å². The highest BCUT2D eigenvalue weighted by Crippen LogP contribution is 2.22. The lowest BCUT2D eigenvalue weighted by Gasteiger charge is -2.09. The number of rotatable bonds is 8. The van der Waals surface area contributed by atoms with E-state index in [1.165, 1.54) is 6.07 Å². The molecule has 0 aliphatic heterocycles. The van der Waals surface area contributed by atoms with Crippen LogP contribution in [0.25, 0.3) is 0 Å². The Morgan fingerprint density at radius 1 is 1.23 bits per heavy atom. The van der Waals surface area contributed by atoms with Crippen molar-refractivity contribution in [1.82, 2.24) is 25.4 Å². The number of nitrogens with one attached hydrogen (secondary N) is 3. The number of hydrogen-bond acceptors (Lipinski definition) is 4. The van der Waals surface area contributed by atoms with Crippen LogP contribution in [-0.2, 0) is 17.8 Å². The fourth-order valence-electron chi connectivity index (χ4n) is 2.24. The molecule has 1 aromatic heterocycles. The number of halogens is 2. The predicted molar refractivity (Wildman–Crippen MR) is 103 cm³/mol. The van der Waals surface area contributed by atoms with E-state index < -0.39 is 0 Å². The molecule has 0 unspecified atom stereocenters. The summed E-state index contributed by atoms with van der Waals surface area (Å²) >= 11 is 16.8. The molecule has 0 saturated carbocycles. The Morgan fingerprint density at radius 3 is 2.65 bits per heavy atom. The van der Waals surface area contributed by atoms with Crippen molar-refractivity contribution in [2.45, 2.75) is 26.3 Å². The molecular weight excluding hydrogens is 397 g/mol. The molecule has 3 N–H and O–H groups in total. The van der Waals surface area contributed by atoms with Crippen LogP contribution in [0.2, 0.25) is 10.0 Å². The zero-order chi connectivity index (χ0) is 19.1. The van der Waals surface area contributed by atoms with Crippen molar-refractivity contribution < 1.29 is 9.59 Å². The van der Waals surface area contributed by atoms with Crippen molar-refractivity contribution in [3.05, 3.63) is 44.4 Å². The Kier molecular flexibility index (Phi) is 7.62. The van der Waals surface area contributed by atoms with E-state index in [2.05, 4.69) is 20.8 Å². The van der Waals surface area contributed by atoms with Crippen LogP contribution in [0, 0.1) is 4.77 Å². The van der Waals surface area contributed by atoms with Crippen LogP contribution in [0.3, 0.4) is 0 Å². The molecule has 26 heavy (non-hydrogen) atoms. The first-order valence-corrected chi connectivity index (χ1v) is 9.22. The van der Waals surface area contributed by atoms with E-state index in [0.29, 0.717) is 26.9 Å². The molecule has 0 spiro atoms. The van der Waals surface area contributed by atoms with Crippen LogP contribution >= 0.6 is 35.4 Å². The van der Waals surface area contributed by atoms with Gasteiger partial charge < -0.3 is 10.6 Å². The smallest absolute Gasteiger partial charge is 0.251 e. The fraction of sp³-hybridized carbons (Fsp3) is 0.375. The fourth-order valence-corrected chi connectivity index (χ4v) is 2.76. The Morgan fingerprint density at radius 2 is 1.96 bits per heavy atom. The summed E-state index contributed by atoms with van der Waals surface area (Å²) in [6.07, 6.45) is 1.64. The molecule has 1 aromatic carbocycles. The summed E-state index contributed by atoms with van der Waals surface area (Å²) in [6.45, 7) is 2.69. The zero-order valence-corrected chi connectivity index (χ0v) is 16.5. The van der Waals surface area contributed by atoms with Gasteiger partial charge in [-0.3, -0.25) is 19.3 Å². The van der Waals surface area contributed by atoms with Crippen LogP contribution in [0.5, 0.6) is 0 Å². The summed E-state index contributed by atoms with van der Waals surface area (Å²) in [5.74, 6) is 0.254. The van der Waals surface area contributed by atoms with Gasteiger partial charge in [-0.2, -0.15) is 5.10 Å². The van der Waals surface area contributed by atoms with E-state index in [0.717, 1.165) is 18.7 Å². The van der Waals surface area contributed by atoms with Gasteiger partial charge >= 0.3 is 0 Å². The lowest BCUT2D eigenvalue weighted by atomic mass is 10.2. The molecule has 0 fully saturated rings. The number of amides is 2. The van der Waals surface area contributed by atoms with Gasteiger partial charge in [0.05, 0.1) is 10.0 Å². The van der Waals surface area contributed by atoms with Gasteiger partial charge in [0, 0.05) is 25.1 Å². The number of carbonyl (C=O) groups is 2.